The van der Waals surface area contributed by atoms with Crippen LogP contribution in [0.1, 0.15) is 18.4 Å². The molecule has 3 atom stereocenters. The fraction of sp³-hybridized carbons (Fsp3) is 0.429. The Kier molecular flexibility index (Phi) is 6.02. The van der Waals surface area contributed by atoms with E-state index in [-0.39, 0.29) is 42.3 Å². The predicted octanol–water partition coefficient (Wildman–Crippen LogP) is 3.52. The van der Waals surface area contributed by atoms with Crippen LogP contribution in [-0.4, -0.2) is 48.2 Å². The first-order valence-electron chi connectivity index (χ1n) is 9.88. The van der Waals surface area contributed by atoms with Gasteiger partial charge in [-0.3, -0.25) is 0 Å². The van der Waals surface area contributed by atoms with E-state index in [0.717, 1.165) is 18.4 Å². The van der Waals surface area contributed by atoms with Crippen molar-refractivity contribution in [1.82, 2.24) is 0 Å². The van der Waals surface area contributed by atoms with E-state index in [9.17, 15) is 21.2 Å². The van der Waals surface area contributed by atoms with Crippen LogP contribution in [0.5, 0.6) is 5.75 Å². The van der Waals surface area contributed by atoms with Crippen LogP contribution in [0.4, 0.5) is 8.78 Å². The average molecular weight is 507 g/mol. The summed E-state index contributed by atoms with van der Waals surface area (Å²) in [5.41, 5.74) is -0.378. The summed E-state index contributed by atoms with van der Waals surface area (Å²) in [6.45, 7) is -0.345. The summed E-state index contributed by atoms with van der Waals surface area (Å²) >= 11 is 5.92. The third-order valence-electron chi connectivity index (χ3n) is 6.12. The molecule has 0 N–H and O–H groups in total. The van der Waals surface area contributed by atoms with Crippen molar-refractivity contribution >= 4 is 31.3 Å². The smallest absolute Gasteiger partial charge is 0.189 e. The Hall–Kier alpha value is -1.75. The number of hydrogen-bond acceptors (Lipinski definition) is 6. The number of hydrogen-bond donors (Lipinski definition) is 0. The number of halogens is 3. The molecule has 0 saturated carbocycles. The highest BCUT2D eigenvalue weighted by molar-refractivity contribution is 7.92. The van der Waals surface area contributed by atoms with Crippen LogP contribution in [0.3, 0.4) is 0 Å². The molecule has 2 aliphatic heterocycles. The minimum Gasteiger partial charge on any atom is -0.490 e. The molecule has 32 heavy (non-hydrogen) atoms. The third-order valence-corrected chi connectivity index (χ3v) is 9.91. The summed E-state index contributed by atoms with van der Waals surface area (Å²) in [4.78, 5) is -0.104. The van der Waals surface area contributed by atoms with Crippen LogP contribution in [0.15, 0.2) is 41.3 Å². The molecule has 6 nitrogen and oxygen atoms in total. The summed E-state index contributed by atoms with van der Waals surface area (Å²) in [5.74, 6) is -3.42. The Morgan fingerprint density at radius 3 is 2.38 bits per heavy atom. The molecular formula is C21H21ClF2O6S2. The van der Waals surface area contributed by atoms with Gasteiger partial charge in [-0.05, 0) is 49.2 Å². The zero-order valence-electron chi connectivity index (χ0n) is 17.1. The van der Waals surface area contributed by atoms with Gasteiger partial charge in [-0.25, -0.2) is 25.6 Å². The van der Waals surface area contributed by atoms with E-state index in [1.165, 1.54) is 24.3 Å². The van der Waals surface area contributed by atoms with Gasteiger partial charge in [0.2, 0.25) is 0 Å². The van der Waals surface area contributed by atoms with Crippen molar-refractivity contribution in [3.05, 3.63) is 58.6 Å². The summed E-state index contributed by atoms with van der Waals surface area (Å²) in [5, 5.41) is 0.320. The van der Waals surface area contributed by atoms with Crippen LogP contribution in [-0.2, 0) is 29.2 Å². The number of fused-ring (bicyclic) bond motifs is 3. The maximum Gasteiger partial charge on any atom is 0.189 e. The quantitative estimate of drug-likeness (QED) is 0.616. The highest BCUT2D eigenvalue weighted by Crippen LogP contribution is 2.55. The molecular weight excluding hydrogens is 486 g/mol. The number of sulfone groups is 2. The van der Waals surface area contributed by atoms with Crippen LogP contribution in [0.25, 0.3) is 0 Å². The molecule has 4 rings (SSSR count). The van der Waals surface area contributed by atoms with Crippen LogP contribution >= 0.6 is 11.6 Å². The Labute approximate surface area is 190 Å². The highest BCUT2D eigenvalue weighted by atomic mass is 35.5. The van der Waals surface area contributed by atoms with Gasteiger partial charge in [0.1, 0.15) is 20.4 Å². The summed E-state index contributed by atoms with van der Waals surface area (Å²) in [6, 6.07) is 7.20. The second-order valence-corrected chi connectivity index (χ2v) is 13.0. The van der Waals surface area contributed by atoms with Crippen molar-refractivity contribution in [2.45, 2.75) is 28.6 Å². The summed E-state index contributed by atoms with van der Waals surface area (Å²) in [6.07, 6.45) is 0.0671. The molecule has 2 aliphatic rings. The second kappa shape index (κ2) is 8.23. The molecule has 1 fully saturated rings. The first-order valence-corrected chi connectivity index (χ1v) is 13.8. The minimum absolute atomic E-state index is 0.00296. The van der Waals surface area contributed by atoms with Gasteiger partial charge in [0, 0.05) is 23.8 Å². The first kappa shape index (κ1) is 23.4. The maximum atomic E-state index is 15.2. The molecule has 2 aromatic carbocycles. The standard InChI is InChI=1S/C21H21ClF2O6S2/c1-31(25,26)11-8-18-15-12-30-20-17(24)7-6-16(23)19(20)21(15,9-10-29-18)32(27,28)14-4-2-13(22)3-5-14/h2-7,15,18H,8-12H2,1H3/t15?,18-,21?/m0/s1. The Morgan fingerprint density at radius 2 is 1.72 bits per heavy atom. The second-order valence-electron chi connectivity index (χ2n) is 8.08. The number of benzene rings is 2. The van der Waals surface area contributed by atoms with E-state index >= 15 is 4.39 Å². The van der Waals surface area contributed by atoms with Gasteiger partial charge < -0.3 is 9.47 Å². The van der Waals surface area contributed by atoms with Crippen molar-refractivity contribution in [2.75, 3.05) is 25.2 Å². The molecule has 2 unspecified atom stereocenters. The largest absolute Gasteiger partial charge is 0.490 e. The van der Waals surface area contributed by atoms with Crippen molar-refractivity contribution in [3.63, 3.8) is 0 Å². The monoisotopic (exact) mass is 506 g/mol. The lowest BCUT2D eigenvalue weighted by molar-refractivity contribution is -0.0732. The number of ether oxygens (including phenoxy) is 2. The zero-order valence-corrected chi connectivity index (χ0v) is 19.4. The lowest BCUT2D eigenvalue weighted by Crippen LogP contribution is -2.57. The molecule has 2 aromatic rings. The average Bonchev–Trinajstić information content (AvgIpc) is 2.73. The molecule has 0 aromatic heterocycles. The van der Waals surface area contributed by atoms with Crippen molar-refractivity contribution in [2.24, 2.45) is 5.92 Å². The highest BCUT2D eigenvalue weighted by Gasteiger charge is 2.61. The van der Waals surface area contributed by atoms with Crippen molar-refractivity contribution in [3.8, 4) is 5.75 Å². The molecule has 0 amide bonds. The SMILES string of the molecule is CS(=O)(=O)CC[C@@H]1OCCC2(S(=O)(=O)c3ccc(Cl)cc3)c3c(F)ccc(F)c3OCC12. The summed E-state index contributed by atoms with van der Waals surface area (Å²) in [7, 11) is -7.68. The van der Waals surface area contributed by atoms with E-state index in [1.807, 2.05) is 0 Å². The summed E-state index contributed by atoms with van der Waals surface area (Å²) < 4.78 is 90.8. The van der Waals surface area contributed by atoms with E-state index < -0.39 is 53.8 Å². The normalized spacial score (nSPS) is 25.5. The van der Waals surface area contributed by atoms with Crippen LogP contribution in [0.2, 0.25) is 5.02 Å². The molecule has 1 saturated heterocycles. The van der Waals surface area contributed by atoms with Crippen molar-refractivity contribution < 1.29 is 35.1 Å². The lowest BCUT2D eigenvalue weighted by atomic mass is 9.75. The topological polar surface area (TPSA) is 86.7 Å². The van der Waals surface area contributed by atoms with Gasteiger partial charge in [-0.2, -0.15) is 0 Å². The molecule has 0 aliphatic carbocycles. The first-order chi connectivity index (χ1) is 15.0. The molecule has 11 heteroatoms. The van der Waals surface area contributed by atoms with Crippen LogP contribution in [0, 0.1) is 17.6 Å². The third kappa shape index (κ3) is 3.81. The Bertz CT molecular complexity index is 1250. The van der Waals surface area contributed by atoms with Crippen molar-refractivity contribution in [1.29, 1.82) is 0 Å². The number of rotatable bonds is 5. The Morgan fingerprint density at radius 1 is 1.06 bits per heavy atom. The molecule has 0 spiro atoms. The van der Waals surface area contributed by atoms with Gasteiger partial charge >= 0.3 is 0 Å². The van der Waals surface area contributed by atoms with Gasteiger partial charge in [-0.1, -0.05) is 11.6 Å². The predicted molar refractivity (Wildman–Crippen MR) is 114 cm³/mol. The molecule has 2 heterocycles. The molecule has 0 radical (unpaired) electrons. The maximum absolute atomic E-state index is 15.2. The van der Waals surface area contributed by atoms with Gasteiger partial charge in [0.15, 0.2) is 21.4 Å². The van der Waals surface area contributed by atoms with E-state index in [1.54, 1.807) is 0 Å². The van der Waals surface area contributed by atoms with E-state index in [4.69, 9.17) is 21.1 Å². The Balaban J connectivity index is 1.95. The fourth-order valence-corrected chi connectivity index (χ4v) is 7.80. The van der Waals surface area contributed by atoms with E-state index in [0.29, 0.717) is 5.02 Å². The molecule has 174 valence electrons. The minimum atomic E-state index is -4.31. The van der Waals surface area contributed by atoms with Gasteiger partial charge in [0.25, 0.3) is 0 Å². The van der Waals surface area contributed by atoms with Gasteiger partial charge in [-0.15, -0.1) is 0 Å². The zero-order chi connectivity index (χ0) is 23.3. The fourth-order valence-electron chi connectivity index (χ4n) is 4.66. The van der Waals surface area contributed by atoms with Gasteiger partial charge in [0.05, 0.1) is 28.9 Å². The van der Waals surface area contributed by atoms with Crippen LogP contribution < -0.4 is 4.74 Å². The van der Waals surface area contributed by atoms with E-state index in [2.05, 4.69) is 0 Å². The molecule has 0 bridgehead atoms. The lowest BCUT2D eigenvalue weighted by Gasteiger charge is -2.50.